The Morgan fingerprint density at radius 2 is 2.38 bits per heavy atom. The summed E-state index contributed by atoms with van der Waals surface area (Å²) < 4.78 is 1.19. The predicted molar refractivity (Wildman–Crippen MR) is 58.8 cm³/mol. The molecule has 2 atom stereocenters. The van der Waals surface area contributed by atoms with E-state index in [0.29, 0.717) is 0 Å². The van der Waals surface area contributed by atoms with Crippen LogP contribution in [0.5, 0.6) is 0 Å². The van der Waals surface area contributed by atoms with Gasteiger partial charge in [-0.2, -0.15) is 0 Å². The van der Waals surface area contributed by atoms with Crippen molar-refractivity contribution in [3.05, 3.63) is 34.3 Å². The Morgan fingerprint density at radius 1 is 1.54 bits per heavy atom. The van der Waals surface area contributed by atoms with Gasteiger partial charge in [-0.25, -0.2) is 0 Å². The van der Waals surface area contributed by atoms with E-state index in [-0.39, 0.29) is 0 Å². The fourth-order valence-electron chi connectivity index (χ4n) is 1.79. The molecule has 1 aromatic carbocycles. The van der Waals surface area contributed by atoms with Crippen LogP contribution in [0.3, 0.4) is 0 Å². The van der Waals surface area contributed by atoms with Crippen LogP contribution in [0, 0.1) is 5.92 Å². The molecule has 0 spiro atoms. The van der Waals surface area contributed by atoms with Crippen LogP contribution in [0.2, 0.25) is 0 Å². The van der Waals surface area contributed by atoms with Gasteiger partial charge in [-0.05, 0) is 43.5 Å². The van der Waals surface area contributed by atoms with Gasteiger partial charge in [0, 0.05) is 10.5 Å². The molecule has 2 heteroatoms. The quantitative estimate of drug-likeness (QED) is 0.856. The van der Waals surface area contributed by atoms with Crippen molar-refractivity contribution < 1.29 is 0 Å². The summed E-state index contributed by atoms with van der Waals surface area (Å²) in [4.78, 5) is 0. The van der Waals surface area contributed by atoms with E-state index in [4.69, 9.17) is 0 Å². The predicted octanol–water partition coefficient (Wildman–Crippen LogP) is 2.60. The number of hydrogen-bond acceptors (Lipinski definition) is 1. The Bertz CT molecular complexity index is 298. The first-order valence-electron chi connectivity index (χ1n) is 4.71. The molecule has 0 amide bonds. The molecule has 1 aliphatic carbocycles. The number of hydrogen-bond donors (Lipinski definition) is 1. The van der Waals surface area contributed by atoms with Crippen molar-refractivity contribution in [2.45, 2.75) is 18.9 Å². The van der Waals surface area contributed by atoms with Crippen molar-refractivity contribution in [2.24, 2.45) is 5.92 Å². The van der Waals surface area contributed by atoms with Crippen LogP contribution in [0.4, 0.5) is 0 Å². The van der Waals surface area contributed by atoms with E-state index in [9.17, 15) is 0 Å². The second kappa shape index (κ2) is 3.81. The lowest BCUT2D eigenvalue weighted by Gasteiger charge is -2.00. The average Bonchev–Trinajstić information content (AvgIpc) is 2.83. The van der Waals surface area contributed by atoms with Crippen LogP contribution in [-0.2, 0) is 6.42 Å². The van der Waals surface area contributed by atoms with Crippen LogP contribution in [0.25, 0.3) is 0 Å². The van der Waals surface area contributed by atoms with E-state index in [2.05, 4.69) is 45.5 Å². The summed E-state index contributed by atoms with van der Waals surface area (Å²) in [5, 5.41) is 3.31. The Kier molecular flexibility index (Phi) is 2.70. The summed E-state index contributed by atoms with van der Waals surface area (Å²) in [5.74, 6) is 0.860. The van der Waals surface area contributed by atoms with E-state index in [1.807, 2.05) is 7.05 Å². The first-order valence-corrected chi connectivity index (χ1v) is 5.50. The van der Waals surface area contributed by atoms with Crippen molar-refractivity contribution in [3.8, 4) is 0 Å². The lowest BCUT2D eigenvalue weighted by Crippen LogP contribution is -2.11. The highest BCUT2D eigenvalue weighted by molar-refractivity contribution is 9.10. The standard InChI is InChI=1S/C11H14BrN/c1-13-11-7-9(11)5-8-3-2-4-10(12)6-8/h2-4,6,9,11,13H,5,7H2,1H3. The van der Waals surface area contributed by atoms with Crippen molar-refractivity contribution in [1.29, 1.82) is 0 Å². The highest BCUT2D eigenvalue weighted by atomic mass is 79.9. The Labute approximate surface area is 87.7 Å². The lowest BCUT2D eigenvalue weighted by molar-refractivity contribution is 0.702. The number of rotatable bonds is 3. The van der Waals surface area contributed by atoms with Gasteiger partial charge in [-0.15, -0.1) is 0 Å². The molecule has 0 heterocycles. The zero-order valence-corrected chi connectivity index (χ0v) is 9.34. The molecule has 0 bridgehead atoms. The van der Waals surface area contributed by atoms with Crippen LogP contribution < -0.4 is 5.32 Å². The highest BCUT2D eigenvalue weighted by Gasteiger charge is 2.35. The van der Waals surface area contributed by atoms with Gasteiger partial charge in [0.1, 0.15) is 0 Å². The molecule has 70 valence electrons. The molecule has 1 saturated carbocycles. The van der Waals surface area contributed by atoms with Gasteiger partial charge in [0.15, 0.2) is 0 Å². The van der Waals surface area contributed by atoms with Crippen LogP contribution in [-0.4, -0.2) is 13.1 Å². The number of halogens is 1. The van der Waals surface area contributed by atoms with Gasteiger partial charge in [-0.3, -0.25) is 0 Å². The van der Waals surface area contributed by atoms with E-state index in [1.54, 1.807) is 0 Å². The van der Waals surface area contributed by atoms with E-state index < -0.39 is 0 Å². The maximum atomic E-state index is 3.49. The lowest BCUT2D eigenvalue weighted by atomic mass is 10.1. The Balaban J connectivity index is 1.95. The minimum atomic E-state index is 0.763. The average molecular weight is 240 g/mol. The van der Waals surface area contributed by atoms with E-state index in [0.717, 1.165) is 12.0 Å². The fraction of sp³-hybridized carbons (Fsp3) is 0.455. The molecule has 1 aromatic rings. The number of benzene rings is 1. The van der Waals surface area contributed by atoms with Crippen molar-refractivity contribution in [3.63, 3.8) is 0 Å². The summed E-state index contributed by atoms with van der Waals surface area (Å²) in [5.41, 5.74) is 1.44. The molecule has 0 radical (unpaired) electrons. The van der Waals surface area contributed by atoms with E-state index >= 15 is 0 Å². The Morgan fingerprint density at radius 3 is 3.00 bits per heavy atom. The van der Waals surface area contributed by atoms with Crippen LogP contribution >= 0.6 is 15.9 Å². The monoisotopic (exact) mass is 239 g/mol. The third-order valence-corrected chi connectivity index (χ3v) is 3.17. The second-order valence-corrected chi connectivity index (χ2v) is 4.64. The molecule has 0 aliphatic heterocycles. The molecule has 1 nitrogen and oxygen atoms in total. The minimum Gasteiger partial charge on any atom is -0.317 e. The number of nitrogens with one attached hydrogen (secondary N) is 1. The molecule has 2 unspecified atom stereocenters. The summed E-state index contributed by atoms with van der Waals surface area (Å²) in [7, 11) is 2.05. The molecule has 1 aliphatic rings. The zero-order valence-electron chi connectivity index (χ0n) is 7.76. The summed E-state index contributed by atoms with van der Waals surface area (Å²) in [6.45, 7) is 0. The summed E-state index contributed by atoms with van der Waals surface area (Å²) >= 11 is 3.49. The zero-order chi connectivity index (χ0) is 9.26. The van der Waals surface area contributed by atoms with Gasteiger partial charge >= 0.3 is 0 Å². The van der Waals surface area contributed by atoms with Crippen molar-refractivity contribution >= 4 is 15.9 Å². The second-order valence-electron chi connectivity index (χ2n) is 3.72. The minimum absolute atomic E-state index is 0.763. The maximum Gasteiger partial charge on any atom is 0.0177 e. The molecular formula is C11H14BrN. The largest absolute Gasteiger partial charge is 0.317 e. The van der Waals surface area contributed by atoms with Gasteiger partial charge in [-0.1, -0.05) is 28.1 Å². The highest BCUT2D eigenvalue weighted by Crippen LogP contribution is 2.33. The van der Waals surface area contributed by atoms with Gasteiger partial charge < -0.3 is 5.32 Å². The first kappa shape index (κ1) is 9.22. The van der Waals surface area contributed by atoms with Gasteiger partial charge in [0.2, 0.25) is 0 Å². The van der Waals surface area contributed by atoms with Crippen molar-refractivity contribution in [1.82, 2.24) is 5.32 Å². The third kappa shape index (κ3) is 2.32. The molecule has 1 N–H and O–H groups in total. The van der Waals surface area contributed by atoms with Gasteiger partial charge in [0.05, 0.1) is 0 Å². The third-order valence-electron chi connectivity index (χ3n) is 2.68. The van der Waals surface area contributed by atoms with Crippen molar-refractivity contribution in [2.75, 3.05) is 7.05 Å². The molecule has 13 heavy (non-hydrogen) atoms. The first-order chi connectivity index (χ1) is 6.29. The van der Waals surface area contributed by atoms with Crippen LogP contribution in [0.15, 0.2) is 28.7 Å². The Hall–Kier alpha value is -0.340. The molecule has 1 fully saturated rings. The molecule has 2 rings (SSSR count). The fourth-order valence-corrected chi connectivity index (χ4v) is 2.24. The van der Waals surface area contributed by atoms with E-state index in [1.165, 1.54) is 22.9 Å². The molecule has 0 aromatic heterocycles. The SMILES string of the molecule is CNC1CC1Cc1cccc(Br)c1. The summed E-state index contributed by atoms with van der Waals surface area (Å²) in [6.07, 6.45) is 2.55. The van der Waals surface area contributed by atoms with Crippen LogP contribution in [0.1, 0.15) is 12.0 Å². The normalized spacial score (nSPS) is 26.0. The molecular weight excluding hydrogens is 226 g/mol. The van der Waals surface area contributed by atoms with Gasteiger partial charge in [0.25, 0.3) is 0 Å². The summed E-state index contributed by atoms with van der Waals surface area (Å²) in [6, 6.07) is 9.36. The topological polar surface area (TPSA) is 12.0 Å². The maximum absolute atomic E-state index is 3.49. The molecule has 0 saturated heterocycles. The smallest absolute Gasteiger partial charge is 0.0177 e.